The highest BCUT2D eigenvalue weighted by Gasteiger charge is 2.19. The molecular formula is C21H36BN5O7. The van der Waals surface area contributed by atoms with Gasteiger partial charge in [0.05, 0.1) is 20.9 Å². The highest BCUT2D eigenvalue weighted by molar-refractivity contribution is 6.19. The number of carbonyl (C=O) groups excluding carboxylic acids is 5. The van der Waals surface area contributed by atoms with E-state index in [4.69, 9.17) is 13.0 Å². The Morgan fingerprint density at radius 1 is 0.676 bits per heavy atom. The molecule has 0 bridgehead atoms. The van der Waals surface area contributed by atoms with Crippen LogP contribution in [0.1, 0.15) is 40.0 Å². The van der Waals surface area contributed by atoms with Gasteiger partial charge in [0.2, 0.25) is 29.5 Å². The second-order valence-electron chi connectivity index (χ2n) is 7.45. The zero-order valence-corrected chi connectivity index (χ0v) is 20.3. The first-order valence-electron chi connectivity index (χ1n) is 11.4. The summed E-state index contributed by atoms with van der Waals surface area (Å²) < 4.78 is 0. The number of carboxylic acid groups (broad SMARTS) is 1. The van der Waals surface area contributed by atoms with E-state index in [9.17, 15) is 28.8 Å². The van der Waals surface area contributed by atoms with Crippen molar-refractivity contribution in [3.63, 3.8) is 0 Å². The lowest BCUT2D eigenvalue weighted by Gasteiger charge is -2.24. The maximum Gasteiger partial charge on any atom is 0.323 e. The van der Waals surface area contributed by atoms with Crippen LogP contribution in [0.25, 0.3) is 0 Å². The van der Waals surface area contributed by atoms with Gasteiger partial charge in [-0.1, -0.05) is 20.8 Å². The van der Waals surface area contributed by atoms with Crippen LogP contribution in [0.5, 0.6) is 0 Å². The lowest BCUT2D eigenvalue weighted by Crippen LogP contribution is -2.47. The Morgan fingerprint density at radius 3 is 1.44 bits per heavy atom. The van der Waals surface area contributed by atoms with Gasteiger partial charge >= 0.3 is 5.97 Å². The Kier molecular flexibility index (Phi) is 15.8. The van der Waals surface area contributed by atoms with Crippen LogP contribution in [0.15, 0.2) is 0 Å². The standard InChI is InChI=1S/C21H36BN5O7/c1-4-9-25(18(30)5-2)13-16(28)23-7-10-26(20(32)12-22)14-17(29)24-8-11-27(15-21(33)34)19(31)6-3/h4-15H2,1-3H3,(H,23,28)(H,24,29)(H,33,34). The lowest BCUT2D eigenvalue weighted by molar-refractivity contribution is -0.144. The van der Waals surface area contributed by atoms with Crippen LogP contribution in [0, 0.1) is 0 Å². The minimum Gasteiger partial charge on any atom is -0.480 e. The van der Waals surface area contributed by atoms with Crippen LogP contribution in [0.4, 0.5) is 0 Å². The second-order valence-corrected chi connectivity index (χ2v) is 7.45. The molecule has 34 heavy (non-hydrogen) atoms. The zero-order chi connectivity index (χ0) is 26.1. The Labute approximate surface area is 201 Å². The molecule has 0 aromatic heterocycles. The molecule has 190 valence electrons. The van der Waals surface area contributed by atoms with E-state index < -0.39 is 24.3 Å². The van der Waals surface area contributed by atoms with Crippen LogP contribution >= 0.6 is 0 Å². The molecule has 5 amide bonds. The van der Waals surface area contributed by atoms with Crippen LogP contribution in [-0.4, -0.2) is 116 Å². The van der Waals surface area contributed by atoms with Crippen LogP contribution in [0.2, 0.25) is 6.32 Å². The van der Waals surface area contributed by atoms with Crippen LogP contribution in [-0.2, 0) is 28.8 Å². The summed E-state index contributed by atoms with van der Waals surface area (Å²) in [6.07, 6.45) is 0.817. The highest BCUT2D eigenvalue weighted by atomic mass is 16.4. The van der Waals surface area contributed by atoms with Gasteiger partial charge in [0.1, 0.15) is 6.54 Å². The molecular weight excluding hydrogens is 445 g/mol. The average Bonchev–Trinajstić information content (AvgIpc) is 2.80. The van der Waals surface area contributed by atoms with Gasteiger partial charge in [-0.05, 0) is 12.7 Å². The van der Waals surface area contributed by atoms with E-state index in [0.717, 1.165) is 4.90 Å². The van der Waals surface area contributed by atoms with Crippen LogP contribution in [0.3, 0.4) is 0 Å². The number of hydrogen-bond acceptors (Lipinski definition) is 6. The molecule has 13 heteroatoms. The van der Waals surface area contributed by atoms with Crippen molar-refractivity contribution >= 4 is 43.4 Å². The summed E-state index contributed by atoms with van der Waals surface area (Å²) in [7, 11) is 5.41. The molecule has 0 heterocycles. The molecule has 0 aromatic carbocycles. The van der Waals surface area contributed by atoms with Gasteiger partial charge in [0, 0.05) is 45.6 Å². The van der Waals surface area contributed by atoms with E-state index in [2.05, 4.69) is 10.6 Å². The van der Waals surface area contributed by atoms with Gasteiger partial charge in [0.25, 0.3) is 0 Å². The molecule has 0 rings (SSSR count). The van der Waals surface area contributed by atoms with Gasteiger partial charge in [-0.25, -0.2) is 0 Å². The lowest BCUT2D eigenvalue weighted by atomic mass is 10.0. The molecule has 0 saturated heterocycles. The smallest absolute Gasteiger partial charge is 0.323 e. The van der Waals surface area contributed by atoms with Crippen molar-refractivity contribution in [1.29, 1.82) is 0 Å². The molecule has 2 radical (unpaired) electrons. The number of rotatable bonds is 17. The van der Waals surface area contributed by atoms with E-state index in [1.54, 1.807) is 13.8 Å². The van der Waals surface area contributed by atoms with Crippen molar-refractivity contribution in [2.24, 2.45) is 0 Å². The maximum absolute atomic E-state index is 12.2. The molecule has 0 aliphatic heterocycles. The molecule has 0 aromatic rings. The van der Waals surface area contributed by atoms with E-state index in [1.807, 2.05) is 6.92 Å². The summed E-state index contributed by atoms with van der Waals surface area (Å²) >= 11 is 0. The van der Waals surface area contributed by atoms with Crippen molar-refractivity contribution in [2.75, 3.05) is 52.4 Å². The Morgan fingerprint density at radius 2 is 1.09 bits per heavy atom. The van der Waals surface area contributed by atoms with E-state index >= 15 is 0 Å². The number of carboxylic acids is 1. The monoisotopic (exact) mass is 481 g/mol. The summed E-state index contributed by atoms with van der Waals surface area (Å²) in [5.74, 6) is -3.03. The summed E-state index contributed by atoms with van der Waals surface area (Å²) in [5, 5.41) is 14.1. The number of carbonyl (C=O) groups is 6. The van der Waals surface area contributed by atoms with Gasteiger partial charge in [-0.15, -0.1) is 0 Å². The number of nitrogens with zero attached hydrogens (tertiary/aromatic N) is 3. The van der Waals surface area contributed by atoms with E-state index in [-0.39, 0.29) is 69.7 Å². The number of aliphatic carboxylic acids is 1. The zero-order valence-electron chi connectivity index (χ0n) is 20.3. The molecule has 0 unspecified atom stereocenters. The van der Waals surface area contributed by atoms with Crippen molar-refractivity contribution in [3.8, 4) is 0 Å². The van der Waals surface area contributed by atoms with Crippen molar-refractivity contribution in [2.45, 2.75) is 46.4 Å². The Hall–Kier alpha value is -3.12. The fourth-order valence-corrected chi connectivity index (χ4v) is 3.00. The summed E-state index contributed by atoms with van der Waals surface area (Å²) in [4.78, 5) is 74.8. The second kappa shape index (κ2) is 17.4. The highest BCUT2D eigenvalue weighted by Crippen LogP contribution is 1.97. The summed E-state index contributed by atoms with van der Waals surface area (Å²) in [5.41, 5.74) is 0. The molecule has 0 spiro atoms. The summed E-state index contributed by atoms with van der Waals surface area (Å²) in [6, 6.07) is 0. The molecule has 0 aliphatic carbocycles. The van der Waals surface area contributed by atoms with Gasteiger partial charge < -0.3 is 30.4 Å². The molecule has 3 N–H and O–H groups in total. The molecule has 12 nitrogen and oxygen atoms in total. The predicted octanol–water partition coefficient (Wildman–Crippen LogP) is -1.39. The Bertz CT molecular complexity index is 720. The topological polar surface area (TPSA) is 156 Å². The number of nitrogens with one attached hydrogen (secondary N) is 2. The molecule has 0 fully saturated rings. The third-order valence-corrected chi connectivity index (χ3v) is 4.73. The SMILES string of the molecule is [B]CC(=O)N(CCNC(=O)CN(CCC)C(=O)CC)CC(=O)NCCN(CC(=O)O)C(=O)CC. The van der Waals surface area contributed by atoms with Gasteiger partial charge in [0.15, 0.2) is 0 Å². The summed E-state index contributed by atoms with van der Waals surface area (Å²) in [6.45, 7) is 4.93. The third-order valence-electron chi connectivity index (χ3n) is 4.73. The van der Waals surface area contributed by atoms with Gasteiger partial charge in [-0.2, -0.15) is 0 Å². The first-order chi connectivity index (χ1) is 16.1. The molecule has 0 saturated carbocycles. The quantitative estimate of drug-likeness (QED) is 0.216. The minimum atomic E-state index is -1.16. The fraction of sp³-hybridized carbons (Fsp3) is 0.714. The van der Waals surface area contributed by atoms with Crippen molar-refractivity contribution < 1.29 is 33.9 Å². The van der Waals surface area contributed by atoms with Crippen molar-refractivity contribution in [1.82, 2.24) is 25.3 Å². The van der Waals surface area contributed by atoms with E-state index in [1.165, 1.54) is 9.80 Å². The average molecular weight is 481 g/mol. The van der Waals surface area contributed by atoms with Crippen LogP contribution < -0.4 is 10.6 Å². The first kappa shape index (κ1) is 30.9. The number of hydrogen-bond donors (Lipinski definition) is 3. The van der Waals surface area contributed by atoms with Gasteiger partial charge in [-0.3, -0.25) is 28.8 Å². The minimum absolute atomic E-state index is 0.0103. The third kappa shape index (κ3) is 12.8. The number of amides is 5. The van der Waals surface area contributed by atoms with E-state index in [0.29, 0.717) is 19.4 Å². The fourth-order valence-electron chi connectivity index (χ4n) is 3.00. The largest absolute Gasteiger partial charge is 0.480 e. The first-order valence-corrected chi connectivity index (χ1v) is 11.4. The maximum atomic E-state index is 12.2. The molecule has 0 aliphatic rings. The predicted molar refractivity (Wildman–Crippen MR) is 125 cm³/mol. The van der Waals surface area contributed by atoms with Crippen molar-refractivity contribution in [3.05, 3.63) is 0 Å². The molecule has 0 atom stereocenters. The Balaban J connectivity index is 4.67. The normalized spacial score (nSPS) is 10.2.